The summed E-state index contributed by atoms with van der Waals surface area (Å²) in [6.07, 6.45) is 1.80. The lowest BCUT2D eigenvalue weighted by atomic mass is 10.0. The van der Waals surface area contributed by atoms with Crippen LogP contribution in [-0.4, -0.2) is 24.3 Å². The maximum Gasteiger partial charge on any atom is 0.131 e. The molecule has 0 N–H and O–H groups in total. The molecule has 134 valence electrons. The van der Waals surface area contributed by atoms with Gasteiger partial charge in [0.05, 0.1) is 17.0 Å². The van der Waals surface area contributed by atoms with Crippen molar-refractivity contribution in [1.29, 1.82) is 0 Å². The molecule has 3 nitrogen and oxygen atoms in total. The molecule has 0 radical (unpaired) electrons. The van der Waals surface area contributed by atoms with Crippen LogP contribution in [0.5, 0.6) is 11.5 Å². The zero-order valence-electron chi connectivity index (χ0n) is 15.9. The van der Waals surface area contributed by atoms with Crippen molar-refractivity contribution < 1.29 is 4.74 Å². The van der Waals surface area contributed by atoms with Gasteiger partial charge in [0.2, 0.25) is 0 Å². The van der Waals surface area contributed by atoms with Crippen LogP contribution in [-0.2, 0) is 0 Å². The Hall–Kier alpha value is -2.00. The summed E-state index contributed by atoms with van der Waals surface area (Å²) in [5.41, 5.74) is 2.99. The van der Waals surface area contributed by atoms with Crippen molar-refractivity contribution in [3.8, 4) is 11.5 Å². The van der Waals surface area contributed by atoms with E-state index in [4.69, 9.17) is 16.3 Å². The van der Waals surface area contributed by atoms with Crippen LogP contribution in [0.4, 0.5) is 5.69 Å². The Bertz CT molecular complexity index is 754. The minimum atomic E-state index is 0.388. The SMILES string of the molecule is Cc1cc(N=CN(C)C(C)C)c(Cl)cc1Oc1cccc(C(C)C)c1. The molecule has 0 aliphatic carbocycles. The second-order valence-electron chi connectivity index (χ2n) is 6.90. The topological polar surface area (TPSA) is 24.8 Å². The number of ether oxygens (including phenoxy) is 1. The predicted molar refractivity (Wildman–Crippen MR) is 108 cm³/mol. The number of aryl methyl sites for hydroxylation is 1. The molecule has 0 spiro atoms. The highest BCUT2D eigenvalue weighted by atomic mass is 35.5. The first-order chi connectivity index (χ1) is 11.8. The third-order valence-corrected chi connectivity index (χ3v) is 4.49. The molecule has 0 saturated carbocycles. The molecular weight excluding hydrogens is 332 g/mol. The number of rotatable bonds is 6. The van der Waals surface area contributed by atoms with Gasteiger partial charge < -0.3 is 9.64 Å². The van der Waals surface area contributed by atoms with E-state index in [9.17, 15) is 0 Å². The number of nitrogens with zero attached hydrogens (tertiary/aromatic N) is 2. The van der Waals surface area contributed by atoms with Crippen molar-refractivity contribution in [2.45, 2.75) is 46.6 Å². The first-order valence-corrected chi connectivity index (χ1v) is 8.99. The van der Waals surface area contributed by atoms with Crippen LogP contribution in [0.15, 0.2) is 41.4 Å². The lowest BCUT2D eigenvalue weighted by Gasteiger charge is -2.17. The van der Waals surface area contributed by atoms with E-state index in [-0.39, 0.29) is 0 Å². The Morgan fingerprint density at radius 3 is 2.48 bits per heavy atom. The highest BCUT2D eigenvalue weighted by Crippen LogP contribution is 2.35. The first-order valence-electron chi connectivity index (χ1n) is 8.62. The molecule has 0 saturated heterocycles. The van der Waals surface area contributed by atoms with Crippen molar-refractivity contribution in [2.75, 3.05) is 7.05 Å². The molecule has 2 rings (SSSR count). The van der Waals surface area contributed by atoms with Crippen LogP contribution in [0.1, 0.15) is 44.7 Å². The molecule has 0 unspecified atom stereocenters. The fraction of sp³-hybridized carbons (Fsp3) is 0.381. The summed E-state index contributed by atoms with van der Waals surface area (Å²) in [4.78, 5) is 6.52. The molecule has 2 aromatic carbocycles. The van der Waals surface area contributed by atoms with Crippen molar-refractivity contribution >= 4 is 23.6 Å². The van der Waals surface area contributed by atoms with E-state index in [2.05, 4.69) is 44.8 Å². The summed E-state index contributed by atoms with van der Waals surface area (Å²) >= 11 is 6.40. The van der Waals surface area contributed by atoms with E-state index in [0.717, 1.165) is 22.7 Å². The lowest BCUT2D eigenvalue weighted by Crippen LogP contribution is -2.24. The number of halogens is 1. The Morgan fingerprint density at radius 2 is 1.84 bits per heavy atom. The van der Waals surface area contributed by atoms with E-state index in [1.807, 2.05) is 43.1 Å². The Balaban J connectivity index is 2.24. The van der Waals surface area contributed by atoms with E-state index in [0.29, 0.717) is 17.0 Å². The van der Waals surface area contributed by atoms with E-state index >= 15 is 0 Å². The Kier molecular flexibility index (Phi) is 6.49. The van der Waals surface area contributed by atoms with Gasteiger partial charge in [0.25, 0.3) is 0 Å². The van der Waals surface area contributed by atoms with Crippen LogP contribution in [0.3, 0.4) is 0 Å². The number of hydrogen-bond donors (Lipinski definition) is 0. The summed E-state index contributed by atoms with van der Waals surface area (Å²) < 4.78 is 6.05. The van der Waals surface area contributed by atoms with Crippen molar-refractivity contribution in [1.82, 2.24) is 4.90 Å². The second-order valence-corrected chi connectivity index (χ2v) is 7.31. The smallest absolute Gasteiger partial charge is 0.131 e. The normalized spacial score (nSPS) is 11.6. The van der Waals surface area contributed by atoms with Crippen LogP contribution >= 0.6 is 11.6 Å². The van der Waals surface area contributed by atoms with Crippen molar-refractivity contribution in [2.24, 2.45) is 4.99 Å². The molecule has 0 fully saturated rings. The summed E-state index contributed by atoms with van der Waals surface area (Å²) in [6, 6.07) is 12.3. The van der Waals surface area contributed by atoms with Gasteiger partial charge in [-0.05, 0) is 56.0 Å². The maximum absolute atomic E-state index is 6.40. The monoisotopic (exact) mass is 358 g/mol. The average molecular weight is 359 g/mol. The fourth-order valence-electron chi connectivity index (χ4n) is 2.21. The number of aliphatic imine (C=N–C) groups is 1. The first kappa shape index (κ1) is 19.3. The third kappa shape index (κ3) is 5.23. The fourth-order valence-corrected chi connectivity index (χ4v) is 2.41. The van der Waals surface area contributed by atoms with Crippen molar-refractivity contribution in [3.63, 3.8) is 0 Å². The maximum atomic E-state index is 6.40. The third-order valence-electron chi connectivity index (χ3n) is 4.19. The van der Waals surface area contributed by atoms with Gasteiger partial charge in [-0.2, -0.15) is 0 Å². The molecule has 25 heavy (non-hydrogen) atoms. The van der Waals surface area contributed by atoms with Gasteiger partial charge in [-0.25, -0.2) is 4.99 Å². The van der Waals surface area contributed by atoms with Crippen LogP contribution < -0.4 is 4.74 Å². The van der Waals surface area contributed by atoms with Crippen molar-refractivity contribution in [3.05, 3.63) is 52.5 Å². The van der Waals surface area contributed by atoms with E-state index in [1.165, 1.54) is 5.56 Å². The van der Waals surface area contributed by atoms with Gasteiger partial charge in [-0.1, -0.05) is 37.6 Å². The summed E-state index contributed by atoms with van der Waals surface area (Å²) in [6.45, 7) is 10.6. The standard InChI is InChI=1S/C21H27ClN2O/c1-14(2)17-8-7-9-18(11-17)25-21-12-19(22)20(10-16(21)5)23-13-24(6)15(3)4/h7-15H,1-6H3. The van der Waals surface area contributed by atoms with Gasteiger partial charge in [0, 0.05) is 19.2 Å². The Labute approximate surface area is 156 Å². The Morgan fingerprint density at radius 1 is 1.12 bits per heavy atom. The molecule has 0 aromatic heterocycles. The van der Waals surface area contributed by atoms with E-state index in [1.54, 1.807) is 6.34 Å². The van der Waals surface area contributed by atoms with Gasteiger partial charge in [0.15, 0.2) is 0 Å². The largest absolute Gasteiger partial charge is 0.457 e. The van der Waals surface area contributed by atoms with Gasteiger partial charge in [0.1, 0.15) is 11.5 Å². The molecule has 4 heteroatoms. The molecular formula is C21H27ClN2O. The van der Waals surface area contributed by atoms with E-state index < -0.39 is 0 Å². The molecule has 0 heterocycles. The molecule has 0 amide bonds. The minimum absolute atomic E-state index is 0.388. The summed E-state index contributed by atoms with van der Waals surface area (Å²) in [7, 11) is 1.99. The highest BCUT2D eigenvalue weighted by molar-refractivity contribution is 6.33. The average Bonchev–Trinajstić information content (AvgIpc) is 2.56. The zero-order valence-corrected chi connectivity index (χ0v) is 16.6. The molecule has 0 aliphatic rings. The quantitative estimate of drug-likeness (QED) is 0.431. The molecule has 0 aliphatic heterocycles. The van der Waals surface area contributed by atoms with Crippen LogP contribution in [0.25, 0.3) is 0 Å². The van der Waals surface area contributed by atoms with Gasteiger partial charge in [-0.15, -0.1) is 0 Å². The lowest BCUT2D eigenvalue weighted by molar-refractivity contribution is 0.429. The van der Waals surface area contributed by atoms with Crippen LogP contribution in [0, 0.1) is 6.92 Å². The number of benzene rings is 2. The zero-order chi connectivity index (χ0) is 18.6. The number of hydrogen-bond acceptors (Lipinski definition) is 2. The minimum Gasteiger partial charge on any atom is -0.457 e. The van der Waals surface area contributed by atoms with Crippen LogP contribution in [0.2, 0.25) is 5.02 Å². The highest BCUT2D eigenvalue weighted by Gasteiger charge is 2.09. The summed E-state index contributed by atoms with van der Waals surface area (Å²) in [5, 5.41) is 0.578. The molecule has 0 atom stereocenters. The van der Waals surface area contributed by atoms with Gasteiger partial charge >= 0.3 is 0 Å². The molecule has 2 aromatic rings. The summed E-state index contributed by atoms with van der Waals surface area (Å²) in [5.74, 6) is 2.03. The van der Waals surface area contributed by atoms with Gasteiger partial charge in [-0.3, -0.25) is 0 Å². The predicted octanol–water partition coefficient (Wildman–Crippen LogP) is 6.56. The molecule has 0 bridgehead atoms. The second kappa shape index (κ2) is 8.39.